The molecule has 6 rings (SSSR count). The third-order valence-corrected chi connectivity index (χ3v) is 12.1. The van der Waals surface area contributed by atoms with Gasteiger partial charge in [-0.3, -0.25) is 24.0 Å². The van der Waals surface area contributed by atoms with Crippen LogP contribution in [0.1, 0.15) is 75.5 Å². The monoisotopic (exact) mass is 699 g/mol. The van der Waals surface area contributed by atoms with E-state index in [1.807, 2.05) is 12.1 Å². The van der Waals surface area contributed by atoms with Gasteiger partial charge in [0.05, 0.1) is 18.4 Å². The lowest BCUT2D eigenvalue weighted by molar-refractivity contribution is -0.141. The van der Waals surface area contributed by atoms with Crippen LogP contribution >= 0.6 is 0 Å². The molecule has 4 bridgehead atoms. The summed E-state index contributed by atoms with van der Waals surface area (Å²) in [6.45, 7) is 8.04. The van der Waals surface area contributed by atoms with Crippen molar-refractivity contribution in [3.63, 3.8) is 0 Å². The number of nitrogens with one attached hydrogen (secondary N) is 3. The average molecular weight is 700 g/mol. The Labute approximate surface area is 286 Å². The summed E-state index contributed by atoms with van der Waals surface area (Å²) in [5.41, 5.74) is 1.71. The minimum absolute atomic E-state index is 0.0680. The summed E-state index contributed by atoms with van der Waals surface area (Å²) < 4.78 is 38.6. The zero-order chi connectivity index (χ0) is 35.1. The van der Waals surface area contributed by atoms with Crippen LogP contribution in [0.2, 0.25) is 0 Å². The quantitative estimate of drug-likeness (QED) is 0.360. The van der Waals surface area contributed by atoms with E-state index in [2.05, 4.69) is 28.0 Å². The Morgan fingerprint density at radius 2 is 1.86 bits per heavy atom. The predicted octanol–water partition coefficient (Wildman–Crippen LogP) is 2.25. The Morgan fingerprint density at radius 1 is 1.10 bits per heavy atom. The number of nitrogens with zero attached hydrogens (tertiary/aromatic N) is 2. The number of hydrogen-bond donors (Lipinski definition) is 3. The van der Waals surface area contributed by atoms with Gasteiger partial charge in [-0.2, -0.15) is 0 Å². The van der Waals surface area contributed by atoms with Gasteiger partial charge in [0.1, 0.15) is 23.7 Å². The third-order valence-electron chi connectivity index (χ3n) is 10.2. The van der Waals surface area contributed by atoms with Crippen molar-refractivity contribution in [3.8, 4) is 0 Å². The van der Waals surface area contributed by atoms with Crippen molar-refractivity contribution in [2.24, 2.45) is 11.8 Å². The van der Waals surface area contributed by atoms with Crippen molar-refractivity contribution in [1.82, 2.24) is 25.2 Å². The van der Waals surface area contributed by atoms with Crippen molar-refractivity contribution >= 4 is 39.9 Å². The van der Waals surface area contributed by atoms with Gasteiger partial charge in [0.15, 0.2) is 0 Å². The van der Waals surface area contributed by atoms with Crippen LogP contribution in [0, 0.1) is 11.8 Å². The van der Waals surface area contributed by atoms with Crippen molar-refractivity contribution in [2.75, 3.05) is 13.2 Å². The van der Waals surface area contributed by atoms with Gasteiger partial charge in [0.25, 0.3) is 5.91 Å². The van der Waals surface area contributed by atoms with Crippen LogP contribution in [-0.2, 0) is 53.4 Å². The molecule has 1 aromatic rings. The summed E-state index contributed by atoms with van der Waals surface area (Å²) in [6, 6.07) is 3.77. The first-order chi connectivity index (χ1) is 23.3. The molecule has 3 fully saturated rings. The first-order valence-electron chi connectivity index (χ1n) is 17.1. The average Bonchev–Trinajstić information content (AvgIpc) is 3.95. The van der Waals surface area contributed by atoms with Crippen LogP contribution in [0.15, 0.2) is 30.9 Å². The number of sulfonamides is 1. The fourth-order valence-corrected chi connectivity index (χ4v) is 8.45. The number of carbonyl (C=O) groups excluding carboxylic acids is 5. The fraction of sp³-hybridized carbons (Fsp3) is 0.618. The second-order valence-electron chi connectivity index (χ2n) is 14.2. The Hall–Kier alpha value is -4.14. The van der Waals surface area contributed by atoms with Gasteiger partial charge >= 0.3 is 12.2 Å². The van der Waals surface area contributed by atoms with E-state index >= 15 is 0 Å². The van der Waals surface area contributed by atoms with Gasteiger partial charge in [-0.25, -0.2) is 18.0 Å². The number of fused-ring (bicyclic) bond motifs is 3. The molecule has 5 amide bonds. The Kier molecular flexibility index (Phi) is 9.66. The smallest absolute Gasteiger partial charge is 0.410 e. The fourth-order valence-electron chi connectivity index (χ4n) is 7.09. The number of hydrogen-bond acceptors (Lipinski definition) is 9. The highest BCUT2D eigenvalue weighted by molar-refractivity contribution is 7.91. The predicted molar refractivity (Wildman–Crippen MR) is 176 cm³/mol. The first kappa shape index (κ1) is 34.7. The van der Waals surface area contributed by atoms with Gasteiger partial charge in [-0.15, -0.1) is 6.58 Å². The van der Waals surface area contributed by atoms with E-state index in [9.17, 15) is 32.4 Å². The molecule has 2 aliphatic carbocycles. The van der Waals surface area contributed by atoms with E-state index in [-0.39, 0.29) is 26.0 Å². The second kappa shape index (κ2) is 13.6. The van der Waals surface area contributed by atoms with Gasteiger partial charge in [0.2, 0.25) is 21.8 Å². The van der Waals surface area contributed by atoms with Gasteiger partial charge in [-0.1, -0.05) is 38.1 Å². The number of ether oxygens (including phenoxy) is 2. The maximum atomic E-state index is 14.1. The van der Waals surface area contributed by atoms with Crippen LogP contribution in [0.25, 0.3) is 0 Å². The molecule has 3 heterocycles. The number of benzene rings is 1. The van der Waals surface area contributed by atoms with E-state index in [1.165, 1.54) is 11.0 Å². The minimum Gasteiger partial charge on any atom is -0.450 e. The van der Waals surface area contributed by atoms with E-state index in [0.29, 0.717) is 32.4 Å². The lowest BCUT2D eigenvalue weighted by Gasteiger charge is -2.31. The Bertz CT molecular complexity index is 1640. The van der Waals surface area contributed by atoms with Gasteiger partial charge in [0, 0.05) is 25.4 Å². The first-order valence-corrected chi connectivity index (χ1v) is 18.7. The molecule has 2 saturated carbocycles. The normalized spacial score (nSPS) is 29.2. The highest BCUT2D eigenvalue weighted by Crippen LogP contribution is 2.45. The Balaban J connectivity index is 1.25. The van der Waals surface area contributed by atoms with Crippen LogP contribution < -0.4 is 15.4 Å². The molecular weight excluding hydrogens is 654 g/mol. The molecule has 1 saturated heterocycles. The van der Waals surface area contributed by atoms with E-state index < -0.39 is 80.7 Å². The third kappa shape index (κ3) is 7.26. The zero-order valence-electron chi connectivity index (χ0n) is 27.9. The lowest BCUT2D eigenvalue weighted by atomic mass is 9.99. The second-order valence-corrected chi connectivity index (χ2v) is 16.1. The number of amides is 5. The maximum absolute atomic E-state index is 14.1. The maximum Gasteiger partial charge on any atom is 0.410 e. The molecule has 3 aliphatic heterocycles. The molecule has 49 heavy (non-hydrogen) atoms. The summed E-state index contributed by atoms with van der Waals surface area (Å²) in [7, 11) is -3.89. The molecule has 0 radical (unpaired) electrons. The molecule has 3 N–H and O–H groups in total. The summed E-state index contributed by atoms with van der Waals surface area (Å²) >= 11 is 0. The minimum atomic E-state index is -3.89. The number of aryl methyl sites for hydroxylation is 1. The number of cyclic esters (lactones) is 1. The van der Waals surface area contributed by atoms with Crippen molar-refractivity contribution < 1.29 is 41.9 Å². The molecule has 1 aromatic carbocycles. The summed E-state index contributed by atoms with van der Waals surface area (Å²) in [4.78, 5) is 70.7. The SMILES string of the molecule is C=C[C@H]1C[C@]1(NC(=O)[C@@H]1C[C@@H]2CN1C(=O)[C@H](C(C)C)NC(=O)OCCCCCc1cccc3c1CN(C3)C(=O)O2)C(=O)NS(=O)(=O)C1CC1. The van der Waals surface area contributed by atoms with E-state index in [0.717, 1.165) is 36.0 Å². The molecule has 5 aliphatic rings. The van der Waals surface area contributed by atoms with Gasteiger partial charge < -0.3 is 25.0 Å². The summed E-state index contributed by atoms with van der Waals surface area (Å²) in [6.07, 6.45) is 3.41. The van der Waals surface area contributed by atoms with Crippen molar-refractivity contribution in [1.29, 1.82) is 0 Å². The van der Waals surface area contributed by atoms with Crippen LogP contribution in [0.5, 0.6) is 0 Å². The van der Waals surface area contributed by atoms with Crippen LogP contribution in [0.3, 0.4) is 0 Å². The Morgan fingerprint density at radius 3 is 2.55 bits per heavy atom. The van der Waals surface area contributed by atoms with Crippen LogP contribution in [-0.4, -0.2) is 90.3 Å². The van der Waals surface area contributed by atoms with Crippen molar-refractivity contribution in [2.45, 2.75) is 107 Å². The number of rotatable bonds is 7. The highest BCUT2D eigenvalue weighted by Gasteiger charge is 2.62. The molecule has 266 valence electrons. The number of alkyl carbamates (subject to hydrolysis) is 1. The van der Waals surface area contributed by atoms with Crippen molar-refractivity contribution in [3.05, 3.63) is 47.5 Å². The molecular formula is C34H45N5O9S. The summed E-state index contributed by atoms with van der Waals surface area (Å²) in [5, 5.41) is 4.74. The topological polar surface area (TPSA) is 181 Å². The molecule has 0 spiro atoms. The molecule has 14 nitrogen and oxygen atoms in total. The van der Waals surface area contributed by atoms with Crippen LogP contribution in [0.4, 0.5) is 9.59 Å². The van der Waals surface area contributed by atoms with Gasteiger partial charge in [-0.05, 0) is 67.6 Å². The molecule has 0 unspecified atom stereocenters. The van der Waals surface area contributed by atoms with E-state index in [4.69, 9.17) is 9.47 Å². The zero-order valence-corrected chi connectivity index (χ0v) is 28.8. The molecule has 5 atom stereocenters. The highest BCUT2D eigenvalue weighted by atomic mass is 32.2. The molecule has 0 aromatic heterocycles. The molecule has 15 heteroatoms. The largest absolute Gasteiger partial charge is 0.450 e. The van der Waals surface area contributed by atoms with E-state index in [1.54, 1.807) is 18.7 Å². The summed E-state index contributed by atoms with van der Waals surface area (Å²) in [5.74, 6) is -3.07. The standard InChI is InChI=1S/C34H45N5O9S/c1-4-23-16-34(23,31(42)37-49(45,46)25-12-13-25)36-29(40)27-15-24-18-39(27)30(41)28(20(2)3)35-32(43)47-14-7-5-6-9-21-10-8-11-22-17-38(19-26(21)22)33(44)48-24/h4,8,10-11,20,23-25,27-28H,1,5-7,9,12-19H2,2-3H3,(H,35,43)(H,36,40)(H,37,42)/t23-,24+,27-,28-,34+/m0/s1. The number of carbonyl (C=O) groups is 5. The lowest BCUT2D eigenvalue weighted by Crippen LogP contribution is -2.59.